The van der Waals surface area contributed by atoms with E-state index in [2.05, 4.69) is 38.9 Å². The summed E-state index contributed by atoms with van der Waals surface area (Å²) in [5, 5.41) is 16.3. The van der Waals surface area contributed by atoms with Crippen LogP contribution < -0.4 is 5.32 Å². The number of aromatic nitrogens is 5. The first kappa shape index (κ1) is 16.1. The highest BCUT2D eigenvalue weighted by molar-refractivity contribution is 5.60. The molecule has 0 radical (unpaired) electrons. The van der Waals surface area contributed by atoms with Crippen molar-refractivity contribution in [3.63, 3.8) is 0 Å². The zero-order valence-corrected chi connectivity index (χ0v) is 14.6. The van der Waals surface area contributed by atoms with Gasteiger partial charge in [-0.3, -0.25) is 0 Å². The van der Waals surface area contributed by atoms with E-state index in [-0.39, 0.29) is 0 Å². The van der Waals surface area contributed by atoms with Crippen LogP contribution in [0.5, 0.6) is 0 Å². The third-order valence-electron chi connectivity index (χ3n) is 4.21. The molecule has 2 aromatic carbocycles. The van der Waals surface area contributed by atoms with Crippen LogP contribution in [0.25, 0.3) is 5.69 Å². The minimum Gasteiger partial charge on any atom is -0.378 e. The molecule has 1 N–H and O–H groups in total. The zero-order valence-electron chi connectivity index (χ0n) is 14.6. The van der Waals surface area contributed by atoms with Crippen molar-refractivity contribution in [1.29, 1.82) is 0 Å². The molecule has 0 aliphatic rings. The monoisotopic (exact) mass is 344 g/mol. The summed E-state index contributed by atoms with van der Waals surface area (Å²) in [7, 11) is 0. The molecule has 130 valence electrons. The molecule has 0 unspecified atom stereocenters. The van der Waals surface area contributed by atoms with E-state index in [1.165, 1.54) is 5.56 Å². The number of hydrogen-bond acceptors (Lipinski definition) is 4. The van der Waals surface area contributed by atoms with Crippen molar-refractivity contribution in [3.8, 4) is 5.69 Å². The second-order valence-corrected chi connectivity index (χ2v) is 6.14. The SMILES string of the molecule is Cc1ccn(-c2ccccc2NCc2cnnn2Cc2ccccc2)n1. The fraction of sp³-hybridized carbons (Fsp3) is 0.150. The average molecular weight is 344 g/mol. The van der Waals surface area contributed by atoms with Crippen LogP contribution in [0.2, 0.25) is 0 Å². The van der Waals surface area contributed by atoms with Crippen molar-refractivity contribution < 1.29 is 0 Å². The molecular weight excluding hydrogens is 324 g/mol. The van der Waals surface area contributed by atoms with Gasteiger partial charge in [0.05, 0.1) is 42.0 Å². The third kappa shape index (κ3) is 3.49. The lowest BCUT2D eigenvalue weighted by atomic mass is 10.2. The molecule has 4 rings (SSSR count). The van der Waals surface area contributed by atoms with Gasteiger partial charge >= 0.3 is 0 Å². The quantitative estimate of drug-likeness (QED) is 0.582. The van der Waals surface area contributed by atoms with Crippen molar-refractivity contribution in [2.75, 3.05) is 5.32 Å². The minimum atomic E-state index is 0.636. The Morgan fingerprint density at radius 2 is 1.77 bits per heavy atom. The van der Waals surface area contributed by atoms with Crippen LogP contribution in [-0.4, -0.2) is 24.8 Å². The topological polar surface area (TPSA) is 60.6 Å². The van der Waals surface area contributed by atoms with Gasteiger partial charge in [-0.1, -0.05) is 47.7 Å². The van der Waals surface area contributed by atoms with E-state index in [1.807, 2.05) is 64.9 Å². The number of nitrogens with zero attached hydrogens (tertiary/aromatic N) is 5. The molecule has 4 aromatic rings. The van der Waals surface area contributed by atoms with Crippen LogP contribution in [-0.2, 0) is 13.1 Å². The Labute approximate surface area is 152 Å². The Balaban J connectivity index is 1.52. The van der Waals surface area contributed by atoms with Crippen LogP contribution in [0.4, 0.5) is 5.69 Å². The summed E-state index contributed by atoms with van der Waals surface area (Å²) >= 11 is 0. The van der Waals surface area contributed by atoms with Gasteiger partial charge in [0, 0.05) is 6.20 Å². The van der Waals surface area contributed by atoms with Gasteiger partial charge in [-0.05, 0) is 30.7 Å². The molecule has 0 aliphatic heterocycles. The van der Waals surface area contributed by atoms with Gasteiger partial charge in [-0.25, -0.2) is 9.36 Å². The van der Waals surface area contributed by atoms with E-state index < -0.39 is 0 Å². The van der Waals surface area contributed by atoms with Crippen LogP contribution >= 0.6 is 0 Å². The second kappa shape index (κ2) is 7.23. The van der Waals surface area contributed by atoms with Gasteiger partial charge in [0.1, 0.15) is 0 Å². The molecule has 0 bridgehead atoms. The maximum absolute atomic E-state index is 4.51. The fourth-order valence-electron chi connectivity index (χ4n) is 2.86. The first-order valence-electron chi connectivity index (χ1n) is 8.56. The smallest absolute Gasteiger partial charge is 0.0877 e. The molecular formula is C20H20N6. The van der Waals surface area contributed by atoms with Crippen LogP contribution in [0.1, 0.15) is 17.0 Å². The number of nitrogens with one attached hydrogen (secondary N) is 1. The van der Waals surface area contributed by atoms with Crippen LogP contribution in [0.3, 0.4) is 0 Å². The molecule has 0 saturated carbocycles. The lowest BCUT2D eigenvalue weighted by Gasteiger charge is -2.13. The van der Waals surface area contributed by atoms with E-state index >= 15 is 0 Å². The molecule has 2 heterocycles. The molecule has 0 aliphatic carbocycles. The molecule has 0 amide bonds. The highest BCUT2D eigenvalue weighted by atomic mass is 15.4. The number of anilines is 1. The van der Waals surface area contributed by atoms with Crippen molar-refractivity contribution in [1.82, 2.24) is 24.8 Å². The van der Waals surface area contributed by atoms with Crippen molar-refractivity contribution in [2.45, 2.75) is 20.0 Å². The maximum atomic E-state index is 4.51. The van der Waals surface area contributed by atoms with E-state index in [1.54, 1.807) is 6.20 Å². The van der Waals surface area contributed by atoms with Crippen LogP contribution in [0, 0.1) is 6.92 Å². The Hall–Kier alpha value is -3.41. The maximum Gasteiger partial charge on any atom is 0.0877 e. The molecule has 26 heavy (non-hydrogen) atoms. The Kier molecular flexibility index (Phi) is 4.47. The van der Waals surface area contributed by atoms with Gasteiger partial charge in [0.2, 0.25) is 0 Å². The highest BCUT2D eigenvalue weighted by Gasteiger charge is 2.08. The summed E-state index contributed by atoms with van der Waals surface area (Å²) in [6, 6.07) is 20.4. The minimum absolute atomic E-state index is 0.636. The summed E-state index contributed by atoms with van der Waals surface area (Å²) in [4.78, 5) is 0. The summed E-state index contributed by atoms with van der Waals surface area (Å²) in [5.74, 6) is 0. The number of benzene rings is 2. The van der Waals surface area contributed by atoms with E-state index in [4.69, 9.17) is 0 Å². The lowest BCUT2D eigenvalue weighted by molar-refractivity contribution is 0.623. The second-order valence-electron chi connectivity index (χ2n) is 6.14. The Morgan fingerprint density at radius 1 is 0.962 bits per heavy atom. The van der Waals surface area contributed by atoms with Gasteiger partial charge in [0.25, 0.3) is 0 Å². The summed E-state index contributed by atoms with van der Waals surface area (Å²) in [5.41, 5.74) is 5.25. The van der Waals surface area contributed by atoms with Gasteiger partial charge in [-0.2, -0.15) is 5.10 Å². The lowest BCUT2D eigenvalue weighted by Crippen LogP contribution is -2.11. The highest BCUT2D eigenvalue weighted by Crippen LogP contribution is 2.20. The first-order chi connectivity index (χ1) is 12.8. The molecule has 0 atom stereocenters. The van der Waals surface area contributed by atoms with Gasteiger partial charge < -0.3 is 5.32 Å². The summed E-state index contributed by atoms with van der Waals surface area (Å²) in [6.07, 6.45) is 3.77. The van der Waals surface area contributed by atoms with Crippen molar-refractivity contribution in [3.05, 3.63) is 90.0 Å². The predicted octanol–water partition coefficient (Wildman–Crippen LogP) is 3.43. The number of rotatable bonds is 6. The molecule has 0 spiro atoms. The van der Waals surface area contributed by atoms with E-state index in [0.29, 0.717) is 13.1 Å². The van der Waals surface area contributed by atoms with Gasteiger partial charge in [-0.15, -0.1) is 5.10 Å². The third-order valence-corrected chi connectivity index (χ3v) is 4.21. The van der Waals surface area contributed by atoms with E-state index in [9.17, 15) is 0 Å². The predicted molar refractivity (Wildman–Crippen MR) is 101 cm³/mol. The molecule has 6 nitrogen and oxygen atoms in total. The van der Waals surface area contributed by atoms with Crippen molar-refractivity contribution >= 4 is 5.69 Å². The first-order valence-corrected chi connectivity index (χ1v) is 8.56. The number of para-hydroxylation sites is 2. The molecule has 6 heteroatoms. The average Bonchev–Trinajstić information content (AvgIpc) is 3.30. The normalized spacial score (nSPS) is 10.8. The van der Waals surface area contributed by atoms with E-state index in [0.717, 1.165) is 22.8 Å². The van der Waals surface area contributed by atoms with Gasteiger partial charge in [0.15, 0.2) is 0 Å². The number of aryl methyl sites for hydroxylation is 1. The largest absolute Gasteiger partial charge is 0.378 e. The molecule has 0 fully saturated rings. The Bertz CT molecular complexity index is 986. The van der Waals surface area contributed by atoms with Crippen molar-refractivity contribution in [2.24, 2.45) is 0 Å². The Morgan fingerprint density at radius 3 is 2.58 bits per heavy atom. The zero-order chi connectivity index (χ0) is 17.8. The molecule has 2 aromatic heterocycles. The summed E-state index contributed by atoms with van der Waals surface area (Å²) in [6.45, 7) is 3.33. The number of hydrogen-bond donors (Lipinski definition) is 1. The standard InChI is InChI=1S/C20H20N6/c1-16-11-12-25(23-16)20-10-6-5-9-19(20)21-13-18-14-22-24-26(18)15-17-7-3-2-4-8-17/h2-12,14,21H,13,15H2,1H3. The summed E-state index contributed by atoms with van der Waals surface area (Å²) < 4.78 is 3.81. The van der Waals surface area contributed by atoms with Crippen LogP contribution in [0.15, 0.2) is 73.1 Å². The molecule has 0 saturated heterocycles. The fourth-order valence-corrected chi connectivity index (χ4v) is 2.86.